The summed E-state index contributed by atoms with van der Waals surface area (Å²) < 4.78 is 31.7. The summed E-state index contributed by atoms with van der Waals surface area (Å²) in [7, 11) is 0. The number of alkyl halides is 3. The Balaban J connectivity index is 0.000000479. The van der Waals surface area contributed by atoms with Crippen molar-refractivity contribution in [2.24, 2.45) is 5.92 Å². The fourth-order valence-corrected chi connectivity index (χ4v) is 3.02. The number of amides is 2. The summed E-state index contributed by atoms with van der Waals surface area (Å²) in [5.74, 6) is -2.77. The predicted octanol–water partition coefficient (Wildman–Crippen LogP) is 3.87. The first-order valence-electron chi connectivity index (χ1n) is 9.82. The van der Waals surface area contributed by atoms with E-state index >= 15 is 0 Å². The topological polar surface area (TPSA) is 120 Å². The van der Waals surface area contributed by atoms with Crippen LogP contribution in [0.4, 0.5) is 24.7 Å². The fraction of sp³-hybridized carbons (Fsp3) is 0.333. The van der Waals surface area contributed by atoms with Gasteiger partial charge >= 0.3 is 12.1 Å². The van der Waals surface area contributed by atoms with Crippen LogP contribution >= 0.6 is 11.6 Å². The molecule has 0 unspecified atom stereocenters. The van der Waals surface area contributed by atoms with Gasteiger partial charge in [0.2, 0.25) is 5.91 Å². The van der Waals surface area contributed by atoms with E-state index in [1.807, 2.05) is 13.0 Å². The Kier molecular flexibility index (Phi) is 9.18. The number of aliphatic carboxylic acids is 1. The van der Waals surface area contributed by atoms with E-state index < -0.39 is 12.1 Å². The minimum Gasteiger partial charge on any atom is -0.475 e. The maximum atomic E-state index is 12.7. The van der Waals surface area contributed by atoms with Gasteiger partial charge in [-0.3, -0.25) is 9.59 Å². The number of rotatable bonds is 4. The van der Waals surface area contributed by atoms with Gasteiger partial charge in [-0.1, -0.05) is 23.2 Å². The molecule has 178 valence electrons. The molecule has 0 spiro atoms. The molecule has 3 rings (SSSR count). The SMILES string of the molecule is Cc1ccc(NC(=O)C2CCNCC2)c(C(=O)Nc2ccc(Cl)cn2)c1.O=C(O)C(F)(F)F. The summed E-state index contributed by atoms with van der Waals surface area (Å²) in [6.45, 7) is 3.57. The van der Waals surface area contributed by atoms with Crippen LogP contribution in [0, 0.1) is 12.8 Å². The summed E-state index contributed by atoms with van der Waals surface area (Å²) in [6, 6.07) is 8.67. The lowest BCUT2D eigenvalue weighted by Crippen LogP contribution is -2.35. The first kappa shape index (κ1) is 26.1. The predicted molar refractivity (Wildman–Crippen MR) is 116 cm³/mol. The van der Waals surface area contributed by atoms with Crippen LogP contribution in [0.2, 0.25) is 5.02 Å². The lowest BCUT2D eigenvalue weighted by Gasteiger charge is -2.22. The zero-order chi connectivity index (χ0) is 24.6. The van der Waals surface area contributed by atoms with Crippen molar-refractivity contribution in [3.63, 3.8) is 0 Å². The number of carboxylic acid groups (broad SMARTS) is 1. The molecule has 0 radical (unpaired) electrons. The van der Waals surface area contributed by atoms with Crippen LogP contribution in [0.1, 0.15) is 28.8 Å². The van der Waals surface area contributed by atoms with E-state index in [0.717, 1.165) is 31.5 Å². The number of anilines is 2. The first-order valence-corrected chi connectivity index (χ1v) is 10.2. The van der Waals surface area contributed by atoms with Gasteiger partial charge in [-0.25, -0.2) is 9.78 Å². The van der Waals surface area contributed by atoms with Gasteiger partial charge in [-0.05, 0) is 57.1 Å². The summed E-state index contributed by atoms with van der Waals surface area (Å²) >= 11 is 5.82. The van der Waals surface area contributed by atoms with Crippen molar-refractivity contribution in [1.29, 1.82) is 0 Å². The number of pyridine rings is 1. The Hall–Kier alpha value is -3.18. The Morgan fingerprint density at radius 1 is 1.12 bits per heavy atom. The molecule has 2 heterocycles. The molecular formula is C21H22ClF3N4O4. The molecule has 12 heteroatoms. The Morgan fingerprint density at radius 3 is 2.30 bits per heavy atom. The Morgan fingerprint density at radius 2 is 1.76 bits per heavy atom. The lowest BCUT2D eigenvalue weighted by molar-refractivity contribution is -0.192. The van der Waals surface area contributed by atoms with Crippen molar-refractivity contribution < 1.29 is 32.7 Å². The lowest BCUT2D eigenvalue weighted by atomic mass is 9.97. The minimum atomic E-state index is -5.08. The molecule has 0 saturated carbocycles. The third-order valence-electron chi connectivity index (χ3n) is 4.60. The number of carboxylic acids is 1. The van der Waals surface area contributed by atoms with E-state index in [1.54, 1.807) is 24.3 Å². The van der Waals surface area contributed by atoms with E-state index in [2.05, 4.69) is 20.9 Å². The first-order chi connectivity index (χ1) is 15.5. The maximum Gasteiger partial charge on any atom is 0.490 e. The molecule has 1 aromatic heterocycles. The van der Waals surface area contributed by atoms with Crippen molar-refractivity contribution in [3.05, 3.63) is 52.7 Å². The number of hydrogen-bond acceptors (Lipinski definition) is 5. The van der Waals surface area contributed by atoms with Gasteiger partial charge in [-0.2, -0.15) is 13.2 Å². The second-order valence-electron chi connectivity index (χ2n) is 7.18. The number of benzene rings is 1. The molecule has 1 aliphatic heterocycles. The van der Waals surface area contributed by atoms with Gasteiger partial charge in [-0.15, -0.1) is 0 Å². The van der Waals surface area contributed by atoms with Crippen molar-refractivity contribution in [3.8, 4) is 0 Å². The van der Waals surface area contributed by atoms with Crippen molar-refractivity contribution in [2.45, 2.75) is 25.9 Å². The zero-order valence-corrected chi connectivity index (χ0v) is 18.3. The molecule has 0 bridgehead atoms. The highest BCUT2D eigenvalue weighted by Gasteiger charge is 2.38. The normalized spacial score (nSPS) is 14.0. The highest BCUT2D eigenvalue weighted by molar-refractivity contribution is 6.30. The number of nitrogens with zero attached hydrogens (tertiary/aromatic N) is 1. The Labute approximate surface area is 192 Å². The summed E-state index contributed by atoms with van der Waals surface area (Å²) in [5.41, 5.74) is 1.84. The number of nitrogens with one attached hydrogen (secondary N) is 3. The van der Waals surface area contributed by atoms with Crippen LogP contribution < -0.4 is 16.0 Å². The largest absolute Gasteiger partial charge is 0.490 e. The molecule has 4 N–H and O–H groups in total. The van der Waals surface area contributed by atoms with E-state index in [4.69, 9.17) is 21.5 Å². The molecule has 1 aliphatic rings. The second kappa shape index (κ2) is 11.6. The highest BCUT2D eigenvalue weighted by Crippen LogP contribution is 2.22. The Bertz CT molecular complexity index is 994. The molecule has 2 aromatic rings. The van der Waals surface area contributed by atoms with E-state index in [1.165, 1.54) is 6.20 Å². The standard InChI is InChI=1S/C19H21ClN4O2.C2HF3O2/c1-12-2-4-16(23-18(25)13-6-8-21-9-7-13)15(10-12)19(26)24-17-5-3-14(20)11-22-17;3-2(4,5)1(6)7/h2-5,10-11,13,21H,6-9H2,1H3,(H,23,25)(H,22,24,26);(H,6,7). The molecule has 33 heavy (non-hydrogen) atoms. The molecule has 1 saturated heterocycles. The fourth-order valence-electron chi connectivity index (χ4n) is 2.91. The van der Waals surface area contributed by atoms with E-state index in [0.29, 0.717) is 22.1 Å². The molecule has 1 aromatic carbocycles. The van der Waals surface area contributed by atoms with Gasteiger partial charge in [0.15, 0.2) is 0 Å². The average molecular weight is 487 g/mol. The summed E-state index contributed by atoms with van der Waals surface area (Å²) in [4.78, 5) is 38.2. The molecule has 2 amide bonds. The smallest absolute Gasteiger partial charge is 0.475 e. The summed E-state index contributed by atoms with van der Waals surface area (Å²) in [5, 5.41) is 16.5. The number of hydrogen-bond donors (Lipinski definition) is 4. The minimum absolute atomic E-state index is 0.0357. The van der Waals surface area contributed by atoms with Gasteiger partial charge in [0.25, 0.3) is 5.91 Å². The number of aryl methyl sites for hydroxylation is 1. The number of carbonyl (C=O) groups is 3. The van der Waals surface area contributed by atoms with Crippen molar-refractivity contribution >= 4 is 40.9 Å². The molecule has 8 nitrogen and oxygen atoms in total. The van der Waals surface area contributed by atoms with Crippen molar-refractivity contribution in [1.82, 2.24) is 10.3 Å². The van der Waals surface area contributed by atoms with Gasteiger partial charge < -0.3 is 21.1 Å². The number of halogens is 4. The zero-order valence-electron chi connectivity index (χ0n) is 17.5. The van der Waals surface area contributed by atoms with E-state index in [9.17, 15) is 22.8 Å². The van der Waals surface area contributed by atoms with Crippen LogP contribution in [-0.4, -0.2) is 47.1 Å². The second-order valence-corrected chi connectivity index (χ2v) is 7.62. The number of carbonyl (C=O) groups excluding carboxylic acids is 2. The van der Waals surface area contributed by atoms with Gasteiger partial charge in [0.1, 0.15) is 5.82 Å². The quantitative estimate of drug-likeness (QED) is 0.520. The molecular weight excluding hydrogens is 465 g/mol. The van der Waals surface area contributed by atoms with Gasteiger partial charge in [0, 0.05) is 12.1 Å². The number of piperidine rings is 1. The van der Waals surface area contributed by atoms with Crippen LogP contribution in [0.15, 0.2) is 36.5 Å². The van der Waals surface area contributed by atoms with Crippen LogP contribution in [0.5, 0.6) is 0 Å². The molecule has 0 atom stereocenters. The molecule has 1 fully saturated rings. The monoisotopic (exact) mass is 486 g/mol. The molecule has 0 aliphatic carbocycles. The average Bonchev–Trinajstić information content (AvgIpc) is 2.77. The highest BCUT2D eigenvalue weighted by atomic mass is 35.5. The van der Waals surface area contributed by atoms with E-state index in [-0.39, 0.29) is 17.7 Å². The number of aromatic nitrogens is 1. The third kappa shape index (κ3) is 8.35. The van der Waals surface area contributed by atoms with Crippen molar-refractivity contribution in [2.75, 3.05) is 23.7 Å². The maximum absolute atomic E-state index is 12.7. The van der Waals surface area contributed by atoms with Crippen LogP contribution in [-0.2, 0) is 9.59 Å². The van der Waals surface area contributed by atoms with Crippen LogP contribution in [0.3, 0.4) is 0 Å². The van der Waals surface area contributed by atoms with Gasteiger partial charge in [0.05, 0.1) is 16.3 Å². The van der Waals surface area contributed by atoms with Crippen LogP contribution in [0.25, 0.3) is 0 Å². The third-order valence-corrected chi connectivity index (χ3v) is 4.82. The summed E-state index contributed by atoms with van der Waals surface area (Å²) in [6.07, 6.45) is -2.02.